The summed E-state index contributed by atoms with van der Waals surface area (Å²) in [6.07, 6.45) is 4.44. The summed E-state index contributed by atoms with van der Waals surface area (Å²) >= 11 is 1.76. The maximum absolute atomic E-state index is 13.2. The molecular weight excluding hydrogens is 374 g/mol. The van der Waals surface area contributed by atoms with Gasteiger partial charge < -0.3 is 10.2 Å². The normalized spacial score (nSPS) is 30.2. The fourth-order valence-corrected chi connectivity index (χ4v) is 5.72. The lowest BCUT2D eigenvalue weighted by atomic mass is 9.73. The summed E-state index contributed by atoms with van der Waals surface area (Å²) in [6.45, 7) is 4.56. The molecule has 0 unspecified atom stereocenters. The van der Waals surface area contributed by atoms with Gasteiger partial charge in [-0.1, -0.05) is 38.8 Å². The maximum Gasteiger partial charge on any atom is 0.325 e. The Morgan fingerprint density at radius 1 is 1.21 bits per heavy atom. The fraction of sp³-hybridized carbons (Fsp3) is 0.571. The molecule has 1 spiro atoms. The Balaban J connectivity index is 1.55. The van der Waals surface area contributed by atoms with Crippen molar-refractivity contribution in [1.29, 1.82) is 0 Å². The second kappa shape index (κ2) is 7.43. The van der Waals surface area contributed by atoms with Gasteiger partial charge in [0.2, 0.25) is 5.91 Å². The average molecular weight is 402 g/mol. The van der Waals surface area contributed by atoms with E-state index in [4.69, 9.17) is 0 Å². The van der Waals surface area contributed by atoms with Crippen molar-refractivity contribution in [2.24, 2.45) is 5.92 Å². The number of para-hydroxylation sites is 1. The Labute approximate surface area is 170 Å². The van der Waals surface area contributed by atoms with Crippen molar-refractivity contribution < 1.29 is 14.4 Å². The van der Waals surface area contributed by atoms with Gasteiger partial charge in [0.1, 0.15) is 12.1 Å². The van der Waals surface area contributed by atoms with Gasteiger partial charge in [0, 0.05) is 16.7 Å². The molecule has 0 aromatic heterocycles. The van der Waals surface area contributed by atoms with Gasteiger partial charge >= 0.3 is 6.03 Å². The summed E-state index contributed by atoms with van der Waals surface area (Å²) in [4.78, 5) is 42.9. The summed E-state index contributed by atoms with van der Waals surface area (Å²) in [7, 11) is 0. The second-order valence-electron chi connectivity index (χ2n) is 8.17. The van der Waals surface area contributed by atoms with E-state index in [1.807, 2.05) is 31.2 Å². The van der Waals surface area contributed by atoms with Crippen molar-refractivity contribution in [2.75, 3.05) is 18.0 Å². The van der Waals surface area contributed by atoms with Crippen LogP contribution in [0, 0.1) is 5.92 Å². The number of hydrogen-bond acceptors (Lipinski definition) is 4. The molecular formula is C21H27N3O3S. The van der Waals surface area contributed by atoms with Crippen LogP contribution in [-0.4, -0.2) is 46.6 Å². The van der Waals surface area contributed by atoms with Crippen LogP contribution in [0.3, 0.4) is 0 Å². The minimum absolute atomic E-state index is 0.0916. The zero-order valence-corrected chi connectivity index (χ0v) is 17.3. The van der Waals surface area contributed by atoms with Gasteiger partial charge in [0.15, 0.2) is 0 Å². The molecule has 7 heteroatoms. The molecule has 0 bridgehead atoms. The van der Waals surface area contributed by atoms with E-state index in [-0.39, 0.29) is 24.3 Å². The van der Waals surface area contributed by atoms with Crippen molar-refractivity contribution in [3.8, 4) is 0 Å². The van der Waals surface area contributed by atoms with E-state index in [0.717, 1.165) is 41.2 Å². The number of fused-ring (bicyclic) bond motifs is 1. The standard InChI is InChI=1S/C21H27N3O3S/c1-14-7-5-6-11-21(14)19(26)24(20(27)22-21)13-18(25)23-12-10-15(2)28-17-9-4-3-8-16(17)23/h3-4,8-9,14-15H,5-7,10-13H2,1-2H3,(H,22,27)/t14-,15-,21-/m0/s1. The highest BCUT2D eigenvalue weighted by Crippen LogP contribution is 2.39. The summed E-state index contributed by atoms with van der Waals surface area (Å²) in [6, 6.07) is 7.42. The van der Waals surface area contributed by atoms with Crippen molar-refractivity contribution in [2.45, 2.75) is 61.6 Å². The number of carbonyl (C=O) groups is 3. The van der Waals surface area contributed by atoms with Gasteiger partial charge in [-0.25, -0.2) is 4.79 Å². The molecule has 4 rings (SSSR count). The third kappa shape index (κ3) is 3.19. The smallest absolute Gasteiger partial charge is 0.323 e. The van der Waals surface area contributed by atoms with Gasteiger partial charge in [-0.2, -0.15) is 0 Å². The molecule has 2 aliphatic heterocycles. The minimum atomic E-state index is -0.823. The van der Waals surface area contributed by atoms with E-state index in [9.17, 15) is 14.4 Å². The van der Waals surface area contributed by atoms with E-state index in [0.29, 0.717) is 18.2 Å². The Kier molecular flexibility index (Phi) is 5.12. The van der Waals surface area contributed by atoms with Crippen LogP contribution in [0.15, 0.2) is 29.2 Å². The molecule has 28 heavy (non-hydrogen) atoms. The van der Waals surface area contributed by atoms with Gasteiger partial charge in [-0.3, -0.25) is 14.5 Å². The molecule has 1 aromatic rings. The number of hydrogen-bond donors (Lipinski definition) is 1. The number of amides is 4. The predicted molar refractivity (Wildman–Crippen MR) is 109 cm³/mol. The number of rotatable bonds is 2. The highest BCUT2D eigenvalue weighted by atomic mass is 32.2. The van der Waals surface area contributed by atoms with Gasteiger partial charge in [0.05, 0.1) is 5.69 Å². The Hall–Kier alpha value is -2.02. The van der Waals surface area contributed by atoms with Crippen molar-refractivity contribution >= 4 is 35.3 Å². The molecule has 1 N–H and O–H groups in total. The number of benzene rings is 1. The topological polar surface area (TPSA) is 69.7 Å². The number of nitrogens with one attached hydrogen (secondary N) is 1. The van der Waals surface area contributed by atoms with E-state index >= 15 is 0 Å². The van der Waals surface area contributed by atoms with E-state index < -0.39 is 11.6 Å². The zero-order chi connectivity index (χ0) is 19.9. The number of anilines is 1. The van der Waals surface area contributed by atoms with Crippen LogP contribution in [0.5, 0.6) is 0 Å². The highest BCUT2D eigenvalue weighted by molar-refractivity contribution is 8.00. The van der Waals surface area contributed by atoms with Crippen LogP contribution in [0.4, 0.5) is 10.5 Å². The van der Waals surface area contributed by atoms with Gasteiger partial charge in [-0.15, -0.1) is 11.8 Å². The first-order valence-electron chi connectivity index (χ1n) is 10.1. The summed E-state index contributed by atoms with van der Waals surface area (Å²) in [5, 5.41) is 3.33. The van der Waals surface area contributed by atoms with Crippen molar-refractivity contribution in [3.63, 3.8) is 0 Å². The summed E-state index contributed by atoms with van der Waals surface area (Å²) in [5.74, 6) is -0.343. The molecule has 1 saturated heterocycles. The Bertz CT molecular complexity index is 814. The molecule has 3 aliphatic rings. The van der Waals surface area contributed by atoms with Crippen LogP contribution in [0.25, 0.3) is 0 Å². The largest absolute Gasteiger partial charge is 0.325 e. The Morgan fingerprint density at radius 2 is 2.00 bits per heavy atom. The number of nitrogens with zero attached hydrogens (tertiary/aromatic N) is 2. The zero-order valence-electron chi connectivity index (χ0n) is 16.4. The SMILES string of the molecule is C[C@H]1CCN(C(=O)CN2C(=O)N[C@]3(CCCC[C@@H]3C)C2=O)c2ccccc2S1. The fourth-order valence-electron chi connectivity index (χ4n) is 4.61. The highest BCUT2D eigenvalue weighted by Gasteiger charge is 2.55. The molecule has 3 atom stereocenters. The molecule has 0 radical (unpaired) electrons. The van der Waals surface area contributed by atoms with Crippen LogP contribution >= 0.6 is 11.8 Å². The molecule has 4 amide bonds. The quantitative estimate of drug-likeness (QED) is 0.771. The van der Waals surface area contributed by atoms with Gasteiger partial charge in [-0.05, 0) is 37.3 Å². The summed E-state index contributed by atoms with van der Waals surface area (Å²) in [5.41, 5.74) is 0.0473. The molecule has 2 fully saturated rings. The van der Waals surface area contributed by atoms with E-state index in [1.54, 1.807) is 16.7 Å². The minimum Gasteiger partial charge on any atom is -0.323 e. The van der Waals surface area contributed by atoms with Crippen molar-refractivity contribution in [1.82, 2.24) is 10.2 Å². The summed E-state index contributed by atoms with van der Waals surface area (Å²) < 4.78 is 0. The third-order valence-electron chi connectivity index (χ3n) is 6.34. The predicted octanol–water partition coefficient (Wildman–Crippen LogP) is 3.40. The average Bonchev–Trinajstić information content (AvgIpc) is 2.81. The lowest BCUT2D eigenvalue weighted by molar-refractivity contribution is -0.136. The first kappa shape index (κ1) is 19.3. The monoisotopic (exact) mass is 401 g/mol. The maximum atomic E-state index is 13.2. The molecule has 1 aliphatic carbocycles. The molecule has 1 aromatic carbocycles. The Morgan fingerprint density at radius 3 is 2.79 bits per heavy atom. The lowest BCUT2D eigenvalue weighted by Gasteiger charge is -2.36. The van der Waals surface area contributed by atoms with E-state index in [1.165, 1.54) is 0 Å². The molecule has 150 valence electrons. The lowest BCUT2D eigenvalue weighted by Crippen LogP contribution is -2.54. The van der Waals surface area contributed by atoms with Gasteiger partial charge in [0.25, 0.3) is 5.91 Å². The molecule has 1 saturated carbocycles. The second-order valence-corrected chi connectivity index (χ2v) is 9.65. The van der Waals surface area contributed by atoms with Crippen LogP contribution in [0.1, 0.15) is 46.0 Å². The van der Waals surface area contributed by atoms with Crippen LogP contribution < -0.4 is 10.2 Å². The molecule has 6 nitrogen and oxygen atoms in total. The van der Waals surface area contributed by atoms with Crippen LogP contribution in [-0.2, 0) is 9.59 Å². The number of imide groups is 1. The first-order valence-corrected chi connectivity index (χ1v) is 11.0. The van der Waals surface area contributed by atoms with E-state index in [2.05, 4.69) is 12.2 Å². The van der Waals surface area contributed by atoms with Crippen molar-refractivity contribution in [3.05, 3.63) is 24.3 Å². The molecule has 2 heterocycles. The number of thioether (sulfide) groups is 1. The number of urea groups is 1. The third-order valence-corrected chi connectivity index (χ3v) is 7.58. The first-order chi connectivity index (χ1) is 13.4. The number of carbonyl (C=O) groups excluding carboxylic acids is 3. The van der Waals surface area contributed by atoms with Crippen LogP contribution in [0.2, 0.25) is 0 Å².